The Hall–Kier alpha value is -1.34. The van der Waals surface area contributed by atoms with Crippen molar-refractivity contribution in [1.29, 1.82) is 0 Å². The maximum Gasteiger partial charge on any atom is 0.326 e. The fourth-order valence-corrected chi connectivity index (χ4v) is 3.12. The Labute approximate surface area is 124 Å². The average molecular weight is 300 g/mol. The number of carbonyl (C=O) groups is 2. The number of carboxylic acid groups (broad SMARTS) is 1. The van der Waals surface area contributed by atoms with Gasteiger partial charge in [0, 0.05) is 20.1 Å². The number of carbonyl (C=O) groups excluding carboxylic acids is 1. The molecule has 1 aliphatic heterocycles. The van der Waals surface area contributed by atoms with Gasteiger partial charge in [-0.3, -0.25) is 0 Å². The van der Waals surface area contributed by atoms with Gasteiger partial charge in [-0.25, -0.2) is 9.59 Å². The van der Waals surface area contributed by atoms with E-state index in [1.54, 1.807) is 0 Å². The van der Waals surface area contributed by atoms with Crippen LogP contribution in [-0.2, 0) is 9.53 Å². The number of aliphatic carboxylic acids is 1. The summed E-state index contributed by atoms with van der Waals surface area (Å²) < 4.78 is 5.17. The molecule has 4 unspecified atom stereocenters. The van der Waals surface area contributed by atoms with Crippen molar-refractivity contribution in [3.8, 4) is 0 Å². The van der Waals surface area contributed by atoms with Crippen LogP contribution in [0.1, 0.15) is 38.5 Å². The first-order chi connectivity index (χ1) is 10.0. The van der Waals surface area contributed by atoms with E-state index in [2.05, 4.69) is 5.32 Å². The van der Waals surface area contributed by atoms with Crippen LogP contribution in [0.5, 0.6) is 0 Å². The number of hydrogen-bond acceptors (Lipinski definition) is 4. The van der Waals surface area contributed by atoms with Crippen molar-refractivity contribution in [2.75, 3.05) is 13.7 Å². The van der Waals surface area contributed by atoms with Crippen molar-refractivity contribution in [1.82, 2.24) is 10.2 Å². The minimum Gasteiger partial charge on any atom is -0.480 e. The summed E-state index contributed by atoms with van der Waals surface area (Å²) in [5, 5.41) is 22.1. The molecule has 0 bridgehead atoms. The number of hydrogen-bond donors (Lipinski definition) is 3. The highest BCUT2D eigenvalue weighted by Gasteiger charge is 2.40. The van der Waals surface area contributed by atoms with Gasteiger partial charge in [-0.2, -0.15) is 0 Å². The Balaban J connectivity index is 1.99. The van der Waals surface area contributed by atoms with Crippen LogP contribution in [0.2, 0.25) is 0 Å². The normalized spacial score (nSPS) is 33.5. The Bertz CT molecular complexity index is 390. The number of nitrogens with one attached hydrogen (secondary N) is 1. The number of carboxylic acids is 1. The lowest BCUT2D eigenvalue weighted by atomic mass is 10.1. The standard InChI is InChI=1S/C14H24N2O5/c1-21-9-7-11(13(18)19)16(8-9)14(20)15-10-5-3-2-4-6-12(10)17/h9-12,17H,2-8H2,1H3,(H,15,20)(H,18,19). The van der Waals surface area contributed by atoms with Gasteiger partial charge in [-0.05, 0) is 12.8 Å². The fraction of sp³-hybridized carbons (Fsp3) is 0.857. The van der Waals surface area contributed by atoms with E-state index in [-0.39, 0.29) is 18.7 Å². The Morgan fingerprint density at radius 2 is 1.95 bits per heavy atom. The third kappa shape index (κ3) is 3.85. The summed E-state index contributed by atoms with van der Waals surface area (Å²) in [6, 6.07) is -1.58. The van der Waals surface area contributed by atoms with Gasteiger partial charge in [0.15, 0.2) is 0 Å². The summed E-state index contributed by atoms with van der Waals surface area (Å²) in [7, 11) is 1.51. The SMILES string of the molecule is COC1CC(C(=O)O)N(C(=O)NC2CCCCCC2O)C1. The Kier molecular flexibility index (Phi) is 5.41. The monoisotopic (exact) mass is 300 g/mol. The van der Waals surface area contributed by atoms with Crippen LogP contribution in [0.4, 0.5) is 4.79 Å². The second kappa shape index (κ2) is 7.09. The van der Waals surface area contributed by atoms with Crippen molar-refractivity contribution in [3.63, 3.8) is 0 Å². The van der Waals surface area contributed by atoms with Gasteiger partial charge < -0.3 is 25.2 Å². The number of amides is 2. The molecule has 0 radical (unpaired) electrons. The highest BCUT2D eigenvalue weighted by atomic mass is 16.5. The molecule has 1 heterocycles. The van der Waals surface area contributed by atoms with E-state index in [9.17, 15) is 19.8 Å². The summed E-state index contributed by atoms with van der Waals surface area (Å²) in [4.78, 5) is 24.9. The van der Waals surface area contributed by atoms with E-state index in [4.69, 9.17) is 4.74 Å². The fourth-order valence-electron chi connectivity index (χ4n) is 3.12. The predicted octanol–water partition coefficient (Wildman–Crippen LogP) is 0.563. The first-order valence-corrected chi connectivity index (χ1v) is 7.53. The van der Waals surface area contributed by atoms with Gasteiger partial charge in [0.05, 0.1) is 18.2 Å². The van der Waals surface area contributed by atoms with E-state index in [0.717, 1.165) is 25.7 Å². The molecule has 0 spiro atoms. The molecule has 0 aromatic carbocycles. The van der Waals surface area contributed by atoms with Gasteiger partial charge in [-0.1, -0.05) is 19.3 Å². The Morgan fingerprint density at radius 3 is 2.62 bits per heavy atom. The van der Waals surface area contributed by atoms with Crippen LogP contribution in [0, 0.1) is 0 Å². The van der Waals surface area contributed by atoms with Gasteiger partial charge in [0.1, 0.15) is 6.04 Å². The van der Waals surface area contributed by atoms with E-state index < -0.39 is 24.1 Å². The molecule has 120 valence electrons. The summed E-state index contributed by atoms with van der Waals surface area (Å²) in [5.74, 6) is -1.02. The van der Waals surface area contributed by atoms with Gasteiger partial charge in [0.25, 0.3) is 0 Å². The lowest BCUT2D eigenvalue weighted by Gasteiger charge is -2.27. The molecule has 3 N–H and O–H groups in total. The largest absolute Gasteiger partial charge is 0.480 e. The van der Waals surface area contributed by atoms with Crippen LogP contribution in [-0.4, -0.2) is 65.1 Å². The van der Waals surface area contributed by atoms with E-state index in [1.807, 2.05) is 0 Å². The number of aliphatic hydroxyl groups is 1. The van der Waals surface area contributed by atoms with Gasteiger partial charge >= 0.3 is 12.0 Å². The van der Waals surface area contributed by atoms with E-state index >= 15 is 0 Å². The van der Waals surface area contributed by atoms with Crippen LogP contribution >= 0.6 is 0 Å². The highest BCUT2D eigenvalue weighted by Crippen LogP contribution is 2.22. The Morgan fingerprint density at radius 1 is 1.24 bits per heavy atom. The van der Waals surface area contributed by atoms with Crippen molar-refractivity contribution >= 4 is 12.0 Å². The number of ether oxygens (including phenoxy) is 1. The molecule has 2 aliphatic rings. The second-order valence-corrected chi connectivity index (χ2v) is 5.86. The number of methoxy groups -OCH3 is 1. The maximum absolute atomic E-state index is 12.3. The van der Waals surface area contributed by atoms with Crippen LogP contribution in [0.15, 0.2) is 0 Å². The molecule has 7 nitrogen and oxygen atoms in total. The third-order valence-electron chi connectivity index (χ3n) is 4.43. The lowest BCUT2D eigenvalue weighted by Crippen LogP contribution is -2.52. The molecule has 4 atom stereocenters. The van der Waals surface area contributed by atoms with Crippen molar-refractivity contribution in [2.24, 2.45) is 0 Å². The number of aliphatic hydroxyl groups excluding tert-OH is 1. The molecular formula is C14H24N2O5. The summed E-state index contributed by atoms with van der Waals surface area (Å²) >= 11 is 0. The van der Waals surface area contributed by atoms with Crippen molar-refractivity contribution < 1.29 is 24.5 Å². The third-order valence-corrected chi connectivity index (χ3v) is 4.43. The maximum atomic E-state index is 12.3. The first-order valence-electron chi connectivity index (χ1n) is 7.53. The molecule has 1 saturated heterocycles. The zero-order valence-corrected chi connectivity index (χ0v) is 12.3. The molecule has 2 rings (SSSR count). The molecule has 1 aliphatic carbocycles. The van der Waals surface area contributed by atoms with Gasteiger partial charge in [-0.15, -0.1) is 0 Å². The molecule has 0 aromatic rings. The zero-order valence-electron chi connectivity index (χ0n) is 12.3. The average Bonchev–Trinajstić information content (AvgIpc) is 2.80. The van der Waals surface area contributed by atoms with Crippen LogP contribution in [0.25, 0.3) is 0 Å². The molecule has 2 fully saturated rings. The molecule has 0 aromatic heterocycles. The topological polar surface area (TPSA) is 99.1 Å². The molecular weight excluding hydrogens is 276 g/mol. The first kappa shape index (κ1) is 16.0. The smallest absolute Gasteiger partial charge is 0.326 e. The van der Waals surface area contributed by atoms with E-state index in [0.29, 0.717) is 12.8 Å². The molecule has 2 amide bonds. The van der Waals surface area contributed by atoms with E-state index in [1.165, 1.54) is 12.0 Å². The minimum atomic E-state index is -1.02. The lowest BCUT2D eigenvalue weighted by molar-refractivity contribution is -0.141. The highest BCUT2D eigenvalue weighted by molar-refractivity contribution is 5.83. The number of urea groups is 1. The summed E-state index contributed by atoms with van der Waals surface area (Å²) in [6.45, 7) is 0.266. The van der Waals surface area contributed by atoms with Gasteiger partial charge in [0.2, 0.25) is 0 Å². The zero-order chi connectivity index (χ0) is 15.4. The van der Waals surface area contributed by atoms with Crippen LogP contribution < -0.4 is 5.32 Å². The minimum absolute atomic E-state index is 0.254. The van der Waals surface area contributed by atoms with Crippen molar-refractivity contribution in [3.05, 3.63) is 0 Å². The van der Waals surface area contributed by atoms with Crippen molar-refractivity contribution in [2.45, 2.75) is 62.8 Å². The molecule has 7 heteroatoms. The number of rotatable bonds is 3. The summed E-state index contributed by atoms with van der Waals surface area (Å²) in [5.41, 5.74) is 0. The van der Waals surface area contributed by atoms with Crippen LogP contribution in [0.3, 0.4) is 0 Å². The quantitative estimate of drug-likeness (QED) is 0.662. The number of likely N-dealkylation sites (tertiary alicyclic amines) is 1. The molecule has 21 heavy (non-hydrogen) atoms. The predicted molar refractivity (Wildman–Crippen MR) is 75.0 cm³/mol. The summed E-state index contributed by atoms with van der Waals surface area (Å²) in [6.07, 6.45) is 3.87. The number of nitrogens with zero attached hydrogens (tertiary/aromatic N) is 1. The second-order valence-electron chi connectivity index (χ2n) is 5.86. The molecule has 1 saturated carbocycles.